The zero-order valence-corrected chi connectivity index (χ0v) is 11.0. The van der Waals surface area contributed by atoms with Gasteiger partial charge >= 0.3 is 0 Å². The van der Waals surface area contributed by atoms with E-state index in [4.69, 9.17) is 0 Å². The lowest BCUT2D eigenvalue weighted by Crippen LogP contribution is -2.00. The van der Waals surface area contributed by atoms with Gasteiger partial charge in [0.1, 0.15) is 5.82 Å². The number of hydrogen-bond donors (Lipinski definition) is 0. The first-order chi connectivity index (χ1) is 7.13. The van der Waals surface area contributed by atoms with E-state index in [0.717, 1.165) is 18.4 Å². The molecule has 0 spiro atoms. The Morgan fingerprint density at radius 2 is 2.07 bits per heavy atom. The zero-order valence-electron chi connectivity index (χ0n) is 9.39. The summed E-state index contributed by atoms with van der Waals surface area (Å²) in [6.45, 7) is 4.01. The van der Waals surface area contributed by atoms with Gasteiger partial charge in [0.25, 0.3) is 0 Å². The molecule has 15 heavy (non-hydrogen) atoms. The first-order valence-corrected chi connectivity index (χ1v) is 6.44. The van der Waals surface area contributed by atoms with Gasteiger partial charge in [0.05, 0.1) is 0 Å². The topological polar surface area (TPSA) is 0 Å². The fraction of sp³-hybridized carbons (Fsp3) is 0.538. The Morgan fingerprint density at radius 1 is 1.33 bits per heavy atom. The highest BCUT2D eigenvalue weighted by molar-refractivity contribution is 9.09. The van der Waals surface area contributed by atoms with Crippen molar-refractivity contribution in [3.05, 3.63) is 35.1 Å². The number of rotatable bonds is 5. The highest BCUT2D eigenvalue weighted by atomic mass is 79.9. The molecule has 1 atom stereocenters. The van der Waals surface area contributed by atoms with Crippen molar-refractivity contribution < 1.29 is 4.39 Å². The minimum Gasteiger partial charge on any atom is -0.207 e. The number of benzene rings is 1. The first kappa shape index (κ1) is 12.7. The molecule has 1 unspecified atom stereocenters. The molecule has 1 rings (SSSR count). The Kier molecular flexibility index (Phi) is 5.30. The maximum Gasteiger partial charge on any atom is 0.126 e. The molecule has 0 heterocycles. The lowest BCUT2D eigenvalue weighted by atomic mass is 10.0. The second-order valence-electron chi connectivity index (χ2n) is 4.01. The number of halogens is 2. The van der Waals surface area contributed by atoms with E-state index in [1.807, 2.05) is 19.1 Å². The third-order valence-electron chi connectivity index (χ3n) is 2.57. The van der Waals surface area contributed by atoms with Gasteiger partial charge in [-0.05, 0) is 43.4 Å². The number of aryl methyl sites for hydroxylation is 2. The molecule has 0 saturated carbocycles. The molecule has 0 amide bonds. The standard InChI is InChI=1S/C13H18BrF/c1-3-4-12(14)7-5-11-6-8-13(15)10(2)9-11/h6,8-9,12H,3-5,7H2,1-2H3. The van der Waals surface area contributed by atoms with Crippen LogP contribution in [0.3, 0.4) is 0 Å². The smallest absolute Gasteiger partial charge is 0.126 e. The largest absolute Gasteiger partial charge is 0.207 e. The summed E-state index contributed by atoms with van der Waals surface area (Å²) in [6, 6.07) is 5.39. The summed E-state index contributed by atoms with van der Waals surface area (Å²) in [7, 11) is 0. The van der Waals surface area contributed by atoms with Crippen LogP contribution in [0.15, 0.2) is 18.2 Å². The summed E-state index contributed by atoms with van der Waals surface area (Å²) < 4.78 is 13.0. The minimum absolute atomic E-state index is 0.109. The molecule has 0 aliphatic carbocycles. The average Bonchev–Trinajstić information content (AvgIpc) is 2.20. The van der Waals surface area contributed by atoms with E-state index >= 15 is 0 Å². The van der Waals surface area contributed by atoms with Crippen LogP contribution in [0, 0.1) is 12.7 Å². The van der Waals surface area contributed by atoms with Gasteiger partial charge in [0.2, 0.25) is 0 Å². The summed E-state index contributed by atoms with van der Waals surface area (Å²) in [4.78, 5) is 0.591. The van der Waals surface area contributed by atoms with E-state index in [9.17, 15) is 4.39 Å². The van der Waals surface area contributed by atoms with Gasteiger partial charge in [0, 0.05) is 4.83 Å². The summed E-state index contributed by atoms with van der Waals surface area (Å²) in [5, 5.41) is 0. The lowest BCUT2D eigenvalue weighted by molar-refractivity contribution is 0.616. The van der Waals surface area contributed by atoms with Crippen LogP contribution in [0.2, 0.25) is 0 Å². The van der Waals surface area contributed by atoms with E-state index in [0.29, 0.717) is 4.83 Å². The predicted molar refractivity (Wildman–Crippen MR) is 67.1 cm³/mol. The zero-order chi connectivity index (χ0) is 11.3. The van der Waals surface area contributed by atoms with Crippen molar-refractivity contribution in [3.8, 4) is 0 Å². The second-order valence-corrected chi connectivity index (χ2v) is 5.30. The van der Waals surface area contributed by atoms with Crippen molar-refractivity contribution in [1.82, 2.24) is 0 Å². The molecule has 0 aliphatic rings. The molecule has 1 aromatic rings. The molecule has 0 radical (unpaired) electrons. The van der Waals surface area contributed by atoms with Crippen LogP contribution >= 0.6 is 15.9 Å². The summed E-state index contributed by atoms with van der Waals surface area (Å²) in [6.07, 6.45) is 4.56. The second kappa shape index (κ2) is 6.26. The third-order valence-corrected chi connectivity index (χ3v) is 3.49. The molecule has 0 aliphatic heterocycles. The highest BCUT2D eigenvalue weighted by Gasteiger charge is 2.04. The van der Waals surface area contributed by atoms with Crippen LogP contribution in [-0.2, 0) is 6.42 Å². The number of alkyl halides is 1. The molecule has 0 bridgehead atoms. The van der Waals surface area contributed by atoms with Crippen LogP contribution in [0.25, 0.3) is 0 Å². The third kappa shape index (κ3) is 4.33. The molecule has 2 heteroatoms. The summed E-state index contributed by atoms with van der Waals surface area (Å²) in [5.74, 6) is -0.109. The van der Waals surface area contributed by atoms with Gasteiger partial charge in [-0.25, -0.2) is 4.39 Å². The molecule has 1 aromatic carbocycles. The van der Waals surface area contributed by atoms with Crippen molar-refractivity contribution in [2.45, 2.75) is 44.4 Å². The normalized spacial score (nSPS) is 12.8. The summed E-state index contributed by atoms with van der Waals surface area (Å²) in [5.41, 5.74) is 1.98. The van der Waals surface area contributed by atoms with Gasteiger partial charge < -0.3 is 0 Å². The Balaban J connectivity index is 2.47. The highest BCUT2D eigenvalue weighted by Crippen LogP contribution is 2.17. The van der Waals surface area contributed by atoms with Crippen LogP contribution in [0.1, 0.15) is 37.3 Å². The first-order valence-electron chi connectivity index (χ1n) is 5.52. The molecule has 84 valence electrons. The van der Waals surface area contributed by atoms with Gasteiger partial charge in [-0.3, -0.25) is 0 Å². The molecule has 0 aromatic heterocycles. The predicted octanol–water partition coefficient (Wildman–Crippen LogP) is 4.63. The van der Waals surface area contributed by atoms with E-state index in [1.54, 1.807) is 6.07 Å². The van der Waals surface area contributed by atoms with E-state index in [-0.39, 0.29) is 5.82 Å². The molecular weight excluding hydrogens is 255 g/mol. The molecule has 0 saturated heterocycles. The Hall–Kier alpha value is -0.370. The van der Waals surface area contributed by atoms with E-state index < -0.39 is 0 Å². The molecule has 0 nitrogen and oxygen atoms in total. The Morgan fingerprint density at radius 3 is 2.67 bits per heavy atom. The Bertz CT molecular complexity index is 309. The van der Waals surface area contributed by atoms with Crippen LogP contribution in [0.5, 0.6) is 0 Å². The maximum atomic E-state index is 13.0. The van der Waals surface area contributed by atoms with Gasteiger partial charge in [-0.1, -0.05) is 41.4 Å². The van der Waals surface area contributed by atoms with Crippen LogP contribution in [-0.4, -0.2) is 4.83 Å². The quantitative estimate of drug-likeness (QED) is 0.686. The minimum atomic E-state index is -0.109. The fourth-order valence-electron chi connectivity index (χ4n) is 1.64. The molecule has 0 fully saturated rings. The molecular formula is C13H18BrF. The molecule has 0 N–H and O–H groups in total. The van der Waals surface area contributed by atoms with Crippen molar-refractivity contribution in [1.29, 1.82) is 0 Å². The van der Waals surface area contributed by atoms with Crippen molar-refractivity contribution in [2.24, 2.45) is 0 Å². The lowest BCUT2D eigenvalue weighted by Gasteiger charge is -2.08. The maximum absolute atomic E-state index is 13.0. The van der Waals surface area contributed by atoms with Crippen LogP contribution < -0.4 is 0 Å². The monoisotopic (exact) mass is 272 g/mol. The van der Waals surface area contributed by atoms with Crippen LogP contribution in [0.4, 0.5) is 4.39 Å². The fourth-order valence-corrected chi connectivity index (χ4v) is 2.33. The Labute approximate surface area is 100 Å². The summed E-state index contributed by atoms with van der Waals surface area (Å²) >= 11 is 3.65. The van der Waals surface area contributed by atoms with Gasteiger partial charge in [0.15, 0.2) is 0 Å². The average molecular weight is 273 g/mol. The number of hydrogen-bond acceptors (Lipinski definition) is 0. The SMILES string of the molecule is CCCC(Br)CCc1ccc(F)c(C)c1. The van der Waals surface area contributed by atoms with Crippen molar-refractivity contribution in [2.75, 3.05) is 0 Å². The van der Waals surface area contributed by atoms with E-state index in [1.165, 1.54) is 18.4 Å². The van der Waals surface area contributed by atoms with Crippen molar-refractivity contribution in [3.63, 3.8) is 0 Å². The van der Waals surface area contributed by atoms with Gasteiger partial charge in [-0.2, -0.15) is 0 Å². The van der Waals surface area contributed by atoms with Crippen molar-refractivity contribution >= 4 is 15.9 Å². The van der Waals surface area contributed by atoms with Gasteiger partial charge in [-0.15, -0.1) is 0 Å². The van der Waals surface area contributed by atoms with E-state index in [2.05, 4.69) is 22.9 Å².